The number of fused-ring (bicyclic) bond motifs is 1. The van der Waals surface area contributed by atoms with E-state index >= 15 is 0 Å². The zero-order chi connectivity index (χ0) is 21.0. The third-order valence-corrected chi connectivity index (χ3v) is 4.68. The standard InChI is InChI=1S/C20H25ClN6O2/c1-26(2)8-4-7-23-20(28)10-15-14-12-24-19(21)11-17(14)27(25-15)16-6-5-13(22)9-18(16)29-3/h5-6,9,11-12H,4,7-8,10,22H2,1-3H3,(H,23,28). The fourth-order valence-corrected chi connectivity index (χ4v) is 3.22. The molecule has 0 aliphatic heterocycles. The molecular formula is C20H25ClN6O2. The second-order valence-corrected chi connectivity index (χ2v) is 7.38. The van der Waals surface area contributed by atoms with Crippen molar-refractivity contribution in [3.63, 3.8) is 0 Å². The van der Waals surface area contributed by atoms with Crippen molar-refractivity contribution in [2.45, 2.75) is 12.8 Å². The molecule has 0 aliphatic rings. The van der Waals surface area contributed by atoms with Crippen LogP contribution in [0.15, 0.2) is 30.5 Å². The van der Waals surface area contributed by atoms with Gasteiger partial charge in [0.25, 0.3) is 0 Å². The van der Waals surface area contributed by atoms with Gasteiger partial charge in [-0.3, -0.25) is 4.79 Å². The summed E-state index contributed by atoms with van der Waals surface area (Å²) in [7, 11) is 5.58. The maximum atomic E-state index is 12.4. The summed E-state index contributed by atoms with van der Waals surface area (Å²) in [5.74, 6) is 0.483. The van der Waals surface area contributed by atoms with Crippen molar-refractivity contribution in [2.24, 2.45) is 0 Å². The van der Waals surface area contributed by atoms with Crippen LogP contribution in [0.5, 0.6) is 5.75 Å². The molecule has 0 bridgehead atoms. The van der Waals surface area contributed by atoms with Crippen molar-refractivity contribution < 1.29 is 9.53 Å². The van der Waals surface area contributed by atoms with Gasteiger partial charge in [0.05, 0.1) is 24.7 Å². The minimum absolute atomic E-state index is 0.0884. The highest BCUT2D eigenvalue weighted by molar-refractivity contribution is 6.30. The first-order valence-electron chi connectivity index (χ1n) is 9.27. The summed E-state index contributed by atoms with van der Waals surface area (Å²) in [4.78, 5) is 18.7. The number of ether oxygens (including phenoxy) is 1. The number of anilines is 1. The number of aromatic nitrogens is 3. The Morgan fingerprint density at radius 3 is 2.86 bits per heavy atom. The summed E-state index contributed by atoms with van der Waals surface area (Å²) >= 11 is 6.12. The van der Waals surface area contributed by atoms with Crippen LogP contribution in [0.25, 0.3) is 16.6 Å². The molecule has 9 heteroatoms. The molecule has 154 valence electrons. The number of carbonyl (C=O) groups is 1. The van der Waals surface area contributed by atoms with Gasteiger partial charge in [0.15, 0.2) is 0 Å². The number of hydrogen-bond acceptors (Lipinski definition) is 6. The van der Waals surface area contributed by atoms with Gasteiger partial charge in [-0.15, -0.1) is 0 Å². The van der Waals surface area contributed by atoms with Crippen molar-refractivity contribution in [3.05, 3.63) is 41.3 Å². The van der Waals surface area contributed by atoms with Gasteiger partial charge in [-0.1, -0.05) is 11.6 Å². The lowest BCUT2D eigenvalue weighted by Gasteiger charge is -2.10. The van der Waals surface area contributed by atoms with Gasteiger partial charge in [-0.25, -0.2) is 9.67 Å². The molecule has 0 aliphatic carbocycles. The molecule has 3 N–H and O–H groups in total. The van der Waals surface area contributed by atoms with Crippen LogP contribution < -0.4 is 15.8 Å². The van der Waals surface area contributed by atoms with Crippen LogP contribution in [-0.4, -0.2) is 59.9 Å². The maximum absolute atomic E-state index is 12.4. The minimum Gasteiger partial charge on any atom is -0.494 e. The molecule has 0 saturated carbocycles. The Balaban J connectivity index is 1.91. The summed E-state index contributed by atoms with van der Waals surface area (Å²) < 4.78 is 7.17. The van der Waals surface area contributed by atoms with Gasteiger partial charge < -0.3 is 20.7 Å². The topological polar surface area (TPSA) is 98.3 Å². The number of benzene rings is 1. The Kier molecular flexibility index (Phi) is 6.56. The van der Waals surface area contributed by atoms with Crippen molar-refractivity contribution >= 4 is 34.1 Å². The fraction of sp³-hybridized carbons (Fsp3) is 0.350. The fourth-order valence-electron chi connectivity index (χ4n) is 3.07. The third kappa shape index (κ3) is 4.96. The van der Waals surface area contributed by atoms with Gasteiger partial charge in [0.1, 0.15) is 16.6 Å². The molecule has 0 saturated heterocycles. The van der Waals surface area contributed by atoms with E-state index < -0.39 is 0 Å². The lowest BCUT2D eigenvalue weighted by Crippen LogP contribution is -2.28. The summed E-state index contributed by atoms with van der Waals surface area (Å²) in [6.07, 6.45) is 2.67. The van der Waals surface area contributed by atoms with Crippen molar-refractivity contribution in [1.29, 1.82) is 0 Å². The van der Waals surface area contributed by atoms with Crippen LogP contribution in [0, 0.1) is 0 Å². The Labute approximate surface area is 174 Å². The molecular weight excluding hydrogens is 392 g/mol. The zero-order valence-corrected chi connectivity index (χ0v) is 17.5. The van der Waals surface area contributed by atoms with Gasteiger partial charge in [-0.05, 0) is 39.2 Å². The normalized spacial score (nSPS) is 11.2. The molecule has 0 unspecified atom stereocenters. The zero-order valence-electron chi connectivity index (χ0n) is 16.8. The second-order valence-electron chi connectivity index (χ2n) is 7.00. The molecule has 1 aromatic carbocycles. The lowest BCUT2D eigenvalue weighted by molar-refractivity contribution is -0.120. The predicted molar refractivity (Wildman–Crippen MR) is 115 cm³/mol. The molecule has 3 aromatic rings. The number of carbonyl (C=O) groups excluding carboxylic acids is 1. The van der Waals surface area contributed by atoms with Gasteiger partial charge in [-0.2, -0.15) is 5.10 Å². The number of pyridine rings is 1. The summed E-state index contributed by atoms with van der Waals surface area (Å²) in [6.45, 7) is 1.53. The molecule has 0 radical (unpaired) electrons. The van der Waals surface area contributed by atoms with Crippen LogP contribution in [0.1, 0.15) is 12.1 Å². The van der Waals surface area contributed by atoms with E-state index in [1.54, 1.807) is 36.2 Å². The molecule has 0 spiro atoms. The lowest BCUT2D eigenvalue weighted by atomic mass is 10.2. The van der Waals surface area contributed by atoms with E-state index in [4.69, 9.17) is 22.1 Å². The number of hydrogen-bond donors (Lipinski definition) is 2. The summed E-state index contributed by atoms with van der Waals surface area (Å²) in [5, 5.41) is 8.70. The van der Waals surface area contributed by atoms with E-state index in [0.717, 1.165) is 23.9 Å². The summed E-state index contributed by atoms with van der Waals surface area (Å²) in [5.41, 5.74) is 8.51. The second kappa shape index (κ2) is 9.11. The van der Waals surface area contributed by atoms with E-state index in [0.29, 0.717) is 34.5 Å². The quantitative estimate of drug-likeness (QED) is 0.332. The third-order valence-electron chi connectivity index (χ3n) is 4.47. The number of nitrogens with one attached hydrogen (secondary N) is 1. The van der Waals surface area contributed by atoms with E-state index in [1.807, 2.05) is 20.2 Å². The first kappa shape index (κ1) is 20.9. The Bertz CT molecular complexity index is 1020. The van der Waals surface area contributed by atoms with Gasteiger partial charge >= 0.3 is 0 Å². The summed E-state index contributed by atoms with van der Waals surface area (Å²) in [6, 6.07) is 7.03. The van der Waals surface area contributed by atoms with Gasteiger partial charge in [0, 0.05) is 35.9 Å². The highest BCUT2D eigenvalue weighted by atomic mass is 35.5. The SMILES string of the molecule is COc1cc(N)ccc1-n1nc(CC(=O)NCCCN(C)C)c2cnc(Cl)cc21. The van der Waals surface area contributed by atoms with Crippen molar-refractivity contribution in [3.8, 4) is 11.4 Å². The van der Waals surface area contributed by atoms with Crippen LogP contribution in [0.2, 0.25) is 5.15 Å². The van der Waals surface area contributed by atoms with Crippen molar-refractivity contribution in [2.75, 3.05) is 40.0 Å². The van der Waals surface area contributed by atoms with E-state index in [9.17, 15) is 4.79 Å². The molecule has 0 atom stereocenters. The average Bonchev–Trinajstić information content (AvgIpc) is 3.02. The molecule has 0 fully saturated rings. The number of halogens is 1. The van der Waals surface area contributed by atoms with E-state index in [-0.39, 0.29) is 12.3 Å². The van der Waals surface area contributed by atoms with E-state index in [1.165, 1.54) is 0 Å². The van der Waals surface area contributed by atoms with Crippen LogP contribution in [-0.2, 0) is 11.2 Å². The number of nitrogens with two attached hydrogens (primary N) is 1. The van der Waals surface area contributed by atoms with Crippen LogP contribution in [0.3, 0.4) is 0 Å². The van der Waals surface area contributed by atoms with E-state index in [2.05, 4.69) is 20.3 Å². The molecule has 2 aromatic heterocycles. The maximum Gasteiger partial charge on any atom is 0.226 e. The average molecular weight is 417 g/mol. The Morgan fingerprint density at radius 1 is 1.34 bits per heavy atom. The number of amides is 1. The highest BCUT2D eigenvalue weighted by Gasteiger charge is 2.18. The predicted octanol–water partition coefficient (Wildman–Crippen LogP) is 2.28. The van der Waals surface area contributed by atoms with Crippen molar-refractivity contribution in [1.82, 2.24) is 25.0 Å². The molecule has 2 heterocycles. The highest BCUT2D eigenvalue weighted by Crippen LogP contribution is 2.30. The van der Waals surface area contributed by atoms with Crippen LogP contribution >= 0.6 is 11.6 Å². The first-order chi connectivity index (χ1) is 13.9. The number of methoxy groups -OCH3 is 1. The molecule has 29 heavy (non-hydrogen) atoms. The Hall–Kier alpha value is -2.84. The molecule has 1 amide bonds. The smallest absolute Gasteiger partial charge is 0.226 e. The Morgan fingerprint density at radius 2 is 2.14 bits per heavy atom. The first-order valence-corrected chi connectivity index (χ1v) is 9.65. The largest absolute Gasteiger partial charge is 0.494 e. The van der Waals surface area contributed by atoms with Gasteiger partial charge in [0.2, 0.25) is 5.91 Å². The monoisotopic (exact) mass is 416 g/mol. The molecule has 3 rings (SSSR count). The minimum atomic E-state index is -0.0884. The molecule has 8 nitrogen and oxygen atoms in total. The number of nitrogens with zero attached hydrogens (tertiary/aromatic N) is 4. The number of nitrogen functional groups attached to an aromatic ring is 1. The van der Waals surface area contributed by atoms with Crippen LogP contribution in [0.4, 0.5) is 5.69 Å². The number of rotatable bonds is 8.